The second kappa shape index (κ2) is 5.49. The smallest absolute Gasteiger partial charge is 0.346 e. The number of nitrogens with zero attached hydrogens (tertiary/aromatic N) is 3. The predicted molar refractivity (Wildman–Crippen MR) is 61.5 cm³/mol. The first-order valence-electron chi connectivity index (χ1n) is 4.47. The van der Waals surface area contributed by atoms with E-state index in [0.29, 0.717) is 12.1 Å². The lowest BCUT2D eigenvalue weighted by Gasteiger charge is -2.22. The fourth-order valence-electron chi connectivity index (χ4n) is 0.959. The molecule has 0 aliphatic carbocycles. The maximum absolute atomic E-state index is 9.94. The van der Waals surface area contributed by atoms with Crippen molar-refractivity contribution in [3.63, 3.8) is 0 Å². The van der Waals surface area contributed by atoms with E-state index in [1.165, 1.54) is 7.11 Å². The van der Waals surface area contributed by atoms with E-state index in [-0.39, 0.29) is 0 Å². The normalized spacial score (nSPS) is 14.5. The van der Waals surface area contributed by atoms with Gasteiger partial charge in [-0.2, -0.15) is 9.42 Å². The minimum absolute atomic E-state index is 0.523. The van der Waals surface area contributed by atoms with Crippen LogP contribution in [0.1, 0.15) is 6.92 Å². The van der Waals surface area contributed by atoms with E-state index >= 15 is 0 Å². The van der Waals surface area contributed by atoms with Gasteiger partial charge in [0.05, 0.1) is 7.11 Å². The second-order valence-corrected chi connectivity index (χ2v) is 5.88. The van der Waals surface area contributed by atoms with Crippen LogP contribution in [-0.2, 0) is 4.52 Å². The molecule has 0 aliphatic rings. The van der Waals surface area contributed by atoms with Gasteiger partial charge in [-0.15, -0.1) is 0 Å². The zero-order valence-electron chi connectivity index (χ0n) is 9.85. The fourth-order valence-corrected chi connectivity index (χ4v) is 2.08. The van der Waals surface area contributed by atoms with Gasteiger partial charge in [-0.3, -0.25) is 0 Å². The van der Waals surface area contributed by atoms with Crippen molar-refractivity contribution in [2.75, 3.05) is 41.5 Å². The molecule has 0 aromatic heterocycles. The van der Waals surface area contributed by atoms with Crippen molar-refractivity contribution >= 4 is 13.8 Å². The van der Waals surface area contributed by atoms with Crippen LogP contribution < -0.4 is 0 Å². The Morgan fingerprint density at radius 3 is 1.93 bits per heavy atom. The molecule has 0 radical (unpaired) electrons. The van der Waals surface area contributed by atoms with Gasteiger partial charge in [-0.05, 0) is 11.7 Å². The number of hydrogen-bond donors (Lipinski definition) is 1. The van der Waals surface area contributed by atoms with Crippen LogP contribution in [-0.4, -0.2) is 62.1 Å². The highest BCUT2D eigenvalue weighted by molar-refractivity contribution is 7.64. The largest absolute Gasteiger partial charge is 0.394 e. The van der Waals surface area contributed by atoms with Crippen molar-refractivity contribution in [3.05, 3.63) is 0 Å². The van der Waals surface area contributed by atoms with Gasteiger partial charge in [0, 0.05) is 28.2 Å². The van der Waals surface area contributed by atoms with Crippen molar-refractivity contribution in [1.82, 2.24) is 9.80 Å². The van der Waals surface area contributed by atoms with Crippen LogP contribution in [0.4, 0.5) is 0 Å². The summed E-state index contributed by atoms with van der Waals surface area (Å²) in [6.07, 6.45) is 0.523. The molecule has 0 saturated carbocycles. The lowest BCUT2D eigenvalue weighted by atomic mass is 10.7. The van der Waals surface area contributed by atoms with Gasteiger partial charge in [-0.1, -0.05) is 0 Å². The SMILES string of the molecule is CC[P+](O)(N=C(N(C)C)N(C)C)OC. The van der Waals surface area contributed by atoms with Gasteiger partial charge in [0.2, 0.25) is 5.96 Å². The first kappa shape index (κ1) is 13.6. The third-order valence-electron chi connectivity index (χ3n) is 1.75. The highest BCUT2D eigenvalue weighted by atomic mass is 31.2. The summed E-state index contributed by atoms with van der Waals surface area (Å²) in [6.45, 7) is 1.86. The minimum atomic E-state index is -2.59. The molecule has 84 valence electrons. The standard InChI is InChI=1S/C8H21N3O2P/c1-7-14(12,13-6)9-8(10(2)3)11(4)5/h12H,7H2,1-6H3/q+1. The molecule has 0 fully saturated rings. The summed E-state index contributed by atoms with van der Waals surface area (Å²) in [5, 5.41) is 0. The molecule has 1 N–H and O–H groups in total. The van der Waals surface area contributed by atoms with Crippen LogP contribution in [0.25, 0.3) is 0 Å². The molecule has 0 spiro atoms. The fraction of sp³-hybridized carbons (Fsp3) is 0.875. The van der Waals surface area contributed by atoms with Gasteiger partial charge in [0.15, 0.2) is 0 Å². The minimum Gasteiger partial charge on any atom is -0.346 e. The lowest BCUT2D eigenvalue weighted by molar-refractivity contribution is 0.364. The van der Waals surface area contributed by atoms with Crippen LogP contribution in [0.5, 0.6) is 0 Å². The van der Waals surface area contributed by atoms with Crippen molar-refractivity contribution in [1.29, 1.82) is 0 Å². The Morgan fingerprint density at radius 2 is 1.71 bits per heavy atom. The quantitative estimate of drug-likeness (QED) is 0.437. The van der Waals surface area contributed by atoms with Crippen molar-refractivity contribution in [2.24, 2.45) is 4.76 Å². The first-order valence-corrected chi connectivity index (χ1v) is 6.27. The Balaban J connectivity index is 4.88. The summed E-state index contributed by atoms with van der Waals surface area (Å²) < 4.78 is 9.30. The van der Waals surface area contributed by atoms with Gasteiger partial charge < -0.3 is 9.80 Å². The van der Waals surface area contributed by atoms with Gasteiger partial charge in [-0.25, -0.2) is 0 Å². The van der Waals surface area contributed by atoms with Crippen LogP contribution in [0.15, 0.2) is 4.76 Å². The third-order valence-corrected chi connectivity index (χ3v) is 3.65. The maximum atomic E-state index is 9.94. The summed E-state index contributed by atoms with van der Waals surface area (Å²) in [4.78, 5) is 13.6. The number of guanidine groups is 1. The summed E-state index contributed by atoms with van der Waals surface area (Å²) >= 11 is 0. The van der Waals surface area contributed by atoms with E-state index in [9.17, 15) is 4.89 Å². The Labute approximate surface area is 86.9 Å². The van der Waals surface area contributed by atoms with Crippen molar-refractivity contribution in [3.8, 4) is 0 Å². The first-order chi connectivity index (χ1) is 6.36. The molecule has 0 bridgehead atoms. The average molecular weight is 222 g/mol. The molecule has 1 atom stereocenters. The molecule has 0 saturated heterocycles. The molecule has 1 unspecified atom stereocenters. The van der Waals surface area contributed by atoms with Crippen LogP contribution >= 0.6 is 7.87 Å². The van der Waals surface area contributed by atoms with Crippen LogP contribution in [0, 0.1) is 0 Å². The van der Waals surface area contributed by atoms with E-state index < -0.39 is 7.87 Å². The average Bonchev–Trinajstić information content (AvgIpc) is 2.13. The second-order valence-electron chi connectivity index (χ2n) is 3.35. The molecule has 0 aliphatic heterocycles. The molecular weight excluding hydrogens is 201 g/mol. The van der Waals surface area contributed by atoms with E-state index in [0.717, 1.165) is 0 Å². The van der Waals surface area contributed by atoms with E-state index in [1.54, 1.807) is 0 Å². The van der Waals surface area contributed by atoms with Crippen molar-refractivity contribution < 1.29 is 9.42 Å². The number of hydrogen-bond acceptors (Lipinski definition) is 3. The summed E-state index contributed by atoms with van der Waals surface area (Å²) in [7, 11) is 6.43. The Morgan fingerprint density at radius 1 is 1.29 bits per heavy atom. The molecule has 0 aromatic rings. The van der Waals surface area contributed by atoms with Crippen molar-refractivity contribution in [2.45, 2.75) is 6.92 Å². The molecular formula is C8H21N3O2P+. The van der Waals surface area contributed by atoms with Gasteiger partial charge in [0.1, 0.15) is 6.16 Å². The summed E-state index contributed by atoms with van der Waals surface area (Å²) in [5.74, 6) is 0.713. The molecule has 0 amide bonds. The van der Waals surface area contributed by atoms with E-state index in [4.69, 9.17) is 4.52 Å². The lowest BCUT2D eigenvalue weighted by Crippen LogP contribution is -2.35. The Hall–Kier alpha value is -0.380. The Kier molecular flexibility index (Phi) is 5.34. The highest BCUT2D eigenvalue weighted by Crippen LogP contribution is 2.56. The molecule has 6 heteroatoms. The zero-order chi connectivity index (χ0) is 11.4. The molecule has 0 heterocycles. The maximum Gasteiger partial charge on any atom is 0.394 e. The van der Waals surface area contributed by atoms with Crippen LogP contribution in [0.2, 0.25) is 0 Å². The molecule has 0 aromatic carbocycles. The third kappa shape index (κ3) is 3.78. The number of rotatable bonds is 3. The zero-order valence-corrected chi connectivity index (χ0v) is 10.7. The van der Waals surface area contributed by atoms with Gasteiger partial charge in [0.25, 0.3) is 0 Å². The predicted octanol–water partition coefficient (Wildman–Crippen LogP) is 0.887. The topological polar surface area (TPSA) is 48.3 Å². The molecule has 0 rings (SSSR count). The Bertz CT molecular complexity index is 193. The van der Waals surface area contributed by atoms with Crippen LogP contribution in [0.3, 0.4) is 0 Å². The van der Waals surface area contributed by atoms with E-state index in [1.807, 2.05) is 44.9 Å². The van der Waals surface area contributed by atoms with Gasteiger partial charge >= 0.3 is 7.87 Å². The summed E-state index contributed by atoms with van der Waals surface area (Å²) in [5.41, 5.74) is 0. The molecule has 14 heavy (non-hydrogen) atoms. The highest BCUT2D eigenvalue weighted by Gasteiger charge is 2.36. The summed E-state index contributed by atoms with van der Waals surface area (Å²) in [6, 6.07) is 0. The molecule has 5 nitrogen and oxygen atoms in total. The van der Waals surface area contributed by atoms with E-state index in [2.05, 4.69) is 4.76 Å². The monoisotopic (exact) mass is 222 g/mol.